The van der Waals surface area contributed by atoms with Crippen LogP contribution in [0, 0.1) is 0 Å². The standard InChI is InChI=1S/C50H30O/c1-2-13-31(14-3-1)34-23-12-24-37-36-17-6-7-18-38(36)44(30-43(34)37)49-41-21-10-8-19-39(41)48(40-20-9-11-22-42(40)49)33-26-27-46-45(29-33)50-35-16-5-4-15-32(35)25-28-47(50)51-46/h1-30H/i8D,9D,10D,11D,19D,20D,21D,22D. The maximum atomic E-state index is 9.62. The zero-order valence-electron chi connectivity index (χ0n) is 35.1. The summed E-state index contributed by atoms with van der Waals surface area (Å²) in [7, 11) is 0. The lowest BCUT2D eigenvalue weighted by atomic mass is 9.83. The fourth-order valence-corrected chi connectivity index (χ4v) is 8.09. The van der Waals surface area contributed by atoms with Crippen LogP contribution in [0.15, 0.2) is 186 Å². The van der Waals surface area contributed by atoms with E-state index < -0.39 is 24.2 Å². The smallest absolute Gasteiger partial charge is 0.136 e. The van der Waals surface area contributed by atoms with Crippen LogP contribution in [0.2, 0.25) is 0 Å². The molecular weight excluding hydrogens is 617 g/mol. The Balaban J connectivity index is 1.38. The van der Waals surface area contributed by atoms with Crippen molar-refractivity contribution < 1.29 is 15.4 Å². The molecule has 0 atom stereocenters. The molecule has 0 amide bonds. The van der Waals surface area contributed by atoms with Crippen LogP contribution in [0.1, 0.15) is 11.0 Å². The quantitative estimate of drug-likeness (QED) is 0.136. The Bertz CT molecular complexity index is 3570. The summed E-state index contributed by atoms with van der Waals surface area (Å²) in [4.78, 5) is 0. The first-order valence-electron chi connectivity index (χ1n) is 20.9. The number of hydrogen-bond acceptors (Lipinski definition) is 1. The van der Waals surface area contributed by atoms with E-state index in [1.165, 1.54) is 0 Å². The average molecular weight is 655 g/mol. The van der Waals surface area contributed by atoms with E-state index in [0.29, 0.717) is 33.4 Å². The zero-order chi connectivity index (χ0) is 40.4. The molecular formula is C50H30O. The zero-order valence-corrected chi connectivity index (χ0v) is 27.1. The van der Waals surface area contributed by atoms with Crippen LogP contribution in [0.4, 0.5) is 0 Å². The SMILES string of the molecule is [2H]c1c([2H])c([2H])c2c(-c3cc4c(-c5ccccc5)cccc4c4ccccc34)c3c([2H])c([2H])c([2H])c([2H])c3c(-c3ccc4oc5ccc6ccccc6c5c4c3)c2c1[2H]. The molecule has 0 radical (unpaired) electrons. The summed E-state index contributed by atoms with van der Waals surface area (Å²) in [5, 5.41) is 7.89. The first-order chi connectivity index (χ1) is 28.6. The lowest BCUT2D eigenvalue weighted by molar-refractivity contribution is 0.669. The van der Waals surface area contributed by atoms with Crippen molar-refractivity contribution in [2.75, 3.05) is 0 Å². The monoisotopic (exact) mass is 654 g/mol. The highest BCUT2D eigenvalue weighted by atomic mass is 16.3. The van der Waals surface area contributed by atoms with Gasteiger partial charge in [-0.25, -0.2) is 0 Å². The molecule has 0 saturated carbocycles. The number of benzene rings is 10. The highest BCUT2D eigenvalue weighted by Gasteiger charge is 2.21. The Labute approximate surface area is 305 Å². The van der Waals surface area contributed by atoms with Gasteiger partial charge in [-0.05, 0) is 112 Å². The van der Waals surface area contributed by atoms with E-state index in [-0.39, 0.29) is 45.7 Å². The highest BCUT2D eigenvalue weighted by molar-refractivity contribution is 6.27. The van der Waals surface area contributed by atoms with Crippen LogP contribution >= 0.6 is 0 Å². The second kappa shape index (κ2) is 10.9. The predicted molar refractivity (Wildman–Crippen MR) is 218 cm³/mol. The third-order valence-electron chi connectivity index (χ3n) is 10.3. The molecule has 0 unspecified atom stereocenters. The highest BCUT2D eigenvalue weighted by Crippen LogP contribution is 2.48. The topological polar surface area (TPSA) is 13.1 Å². The number of rotatable bonds is 3. The summed E-state index contributed by atoms with van der Waals surface area (Å²) < 4.78 is 80.8. The lowest BCUT2D eigenvalue weighted by Crippen LogP contribution is -1.93. The molecule has 51 heavy (non-hydrogen) atoms. The van der Waals surface area contributed by atoms with Gasteiger partial charge in [0.15, 0.2) is 0 Å². The fraction of sp³-hybridized carbons (Fsp3) is 0. The van der Waals surface area contributed by atoms with Crippen LogP contribution in [0.25, 0.3) is 109 Å². The van der Waals surface area contributed by atoms with E-state index in [0.717, 1.165) is 54.2 Å². The Kier molecular flexibility index (Phi) is 4.57. The second-order valence-corrected chi connectivity index (χ2v) is 13.0. The van der Waals surface area contributed by atoms with Crippen molar-refractivity contribution in [2.24, 2.45) is 0 Å². The number of furan rings is 1. The van der Waals surface area contributed by atoms with Gasteiger partial charge in [-0.15, -0.1) is 0 Å². The van der Waals surface area contributed by atoms with Crippen LogP contribution in [-0.4, -0.2) is 0 Å². The molecule has 1 heterocycles. The Morgan fingerprint density at radius 3 is 1.73 bits per heavy atom. The van der Waals surface area contributed by atoms with E-state index in [2.05, 4.69) is 6.07 Å². The van der Waals surface area contributed by atoms with E-state index in [1.807, 2.05) is 121 Å². The molecule has 0 aliphatic carbocycles. The minimum absolute atomic E-state index is 0.168. The van der Waals surface area contributed by atoms with Crippen molar-refractivity contribution in [3.8, 4) is 33.4 Å². The molecule has 0 aliphatic heterocycles. The molecule has 1 aromatic heterocycles. The van der Waals surface area contributed by atoms with Gasteiger partial charge in [-0.2, -0.15) is 0 Å². The fourth-order valence-electron chi connectivity index (χ4n) is 8.09. The van der Waals surface area contributed by atoms with Crippen LogP contribution in [-0.2, 0) is 0 Å². The van der Waals surface area contributed by atoms with Gasteiger partial charge in [-0.3, -0.25) is 0 Å². The molecule has 236 valence electrons. The van der Waals surface area contributed by atoms with Crippen LogP contribution < -0.4 is 0 Å². The molecule has 11 aromatic rings. The minimum atomic E-state index is -0.439. The molecule has 0 aliphatic rings. The molecule has 0 N–H and O–H groups in total. The van der Waals surface area contributed by atoms with Gasteiger partial charge >= 0.3 is 0 Å². The van der Waals surface area contributed by atoms with Gasteiger partial charge < -0.3 is 4.42 Å². The first-order valence-corrected chi connectivity index (χ1v) is 16.9. The molecule has 1 heteroatoms. The lowest BCUT2D eigenvalue weighted by Gasteiger charge is -2.20. The summed E-state index contributed by atoms with van der Waals surface area (Å²) in [6.07, 6.45) is 0. The summed E-state index contributed by atoms with van der Waals surface area (Å²) in [6.45, 7) is 0. The van der Waals surface area contributed by atoms with E-state index in [1.54, 1.807) is 6.07 Å². The number of fused-ring (bicyclic) bond motifs is 10. The predicted octanol–water partition coefficient (Wildman–Crippen LogP) is 14.4. The molecule has 1 nitrogen and oxygen atoms in total. The van der Waals surface area contributed by atoms with Crippen molar-refractivity contribution in [3.63, 3.8) is 0 Å². The Morgan fingerprint density at radius 1 is 0.353 bits per heavy atom. The molecule has 0 bridgehead atoms. The summed E-state index contributed by atoms with van der Waals surface area (Å²) >= 11 is 0. The van der Waals surface area contributed by atoms with Crippen molar-refractivity contribution in [1.29, 1.82) is 0 Å². The summed E-state index contributed by atoms with van der Waals surface area (Å²) in [6, 6.07) is 40.5. The van der Waals surface area contributed by atoms with Crippen molar-refractivity contribution in [1.82, 2.24) is 0 Å². The largest absolute Gasteiger partial charge is 0.456 e. The molecule has 0 fully saturated rings. The van der Waals surface area contributed by atoms with Gasteiger partial charge in [0.2, 0.25) is 0 Å². The van der Waals surface area contributed by atoms with Crippen molar-refractivity contribution in [3.05, 3.63) is 182 Å². The van der Waals surface area contributed by atoms with E-state index in [9.17, 15) is 5.48 Å². The first kappa shape index (κ1) is 21.4. The third-order valence-corrected chi connectivity index (χ3v) is 10.3. The van der Waals surface area contributed by atoms with Crippen molar-refractivity contribution >= 4 is 75.8 Å². The third kappa shape index (κ3) is 4.16. The van der Waals surface area contributed by atoms with Crippen molar-refractivity contribution in [2.45, 2.75) is 0 Å². The van der Waals surface area contributed by atoms with E-state index in [4.69, 9.17) is 9.90 Å². The van der Waals surface area contributed by atoms with Crippen LogP contribution in [0.5, 0.6) is 0 Å². The molecule has 11 rings (SSSR count). The number of hydrogen-bond donors (Lipinski definition) is 0. The Hall–Kier alpha value is -6.70. The minimum Gasteiger partial charge on any atom is -0.456 e. The molecule has 0 spiro atoms. The maximum Gasteiger partial charge on any atom is 0.136 e. The van der Waals surface area contributed by atoms with Gasteiger partial charge in [0.25, 0.3) is 0 Å². The summed E-state index contributed by atoms with van der Waals surface area (Å²) in [5.41, 5.74) is 4.98. The van der Waals surface area contributed by atoms with Gasteiger partial charge in [0, 0.05) is 10.8 Å². The normalized spacial score (nSPS) is 14.1. The van der Waals surface area contributed by atoms with Crippen LogP contribution in [0.3, 0.4) is 0 Å². The molecule has 10 aromatic carbocycles. The Morgan fingerprint density at radius 2 is 0.961 bits per heavy atom. The van der Waals surface area contributed by atoms with Gasteiger partial charge in [0.05, 0.1) is 11.0 Å². The maximum absolute atomic E-state index is 9.62. The summed E-state index contributed by atoms with van der Waals surface area (Å²) in [5.74, 6) is 0. The molecule has 0 saturated heterocycles. The van der Waals surface area contributed by atoms with E-state index >= 15 is 0 Å². The average Bonchev–Trinajstić information content (AvgIpc) is 3.66. The van der Waals surface area contributed by atoms with Gasteiger partial charge in [-0.1, -0.05) is 158 Å². The van der Waals surface area contributed by atoms with Gasteiger partial charge in [0.1, 0.15) is 11.2 Å². The second-order valence-electron chi connectivity index (χ2n) is 13.0.